The van der Waals surface area contributed by atoms with Crippen LogP contribution in [0, 0.1) is 5.82 Å². The van der Waals surface area contributed by atoms with Gasteiger partial charge in [0, 0.05) is 6.07 Å². The number of aromatic nitrogens is 1. The van der Waals surface area contributed by atoms with Crippen LogP contribution in [0.1, 0.15) is 5.56 Å². The minimum absolute atomic E-state index is 0.129. The normalized spacial score (nSPS) is 11.0. The molecule has 3 rings (SSSR count). The highest BCUT2D eigenvalue weighted by atomic mass is 19.1. The Hall–Kier alpha value is -2.56. The van der Waals surface area contributed by atoms with E-state index in [0.717, 1.165) is 5.56 Å². The van der Waals surface area contributed by atoms with Gasteiger partial charge in [0.05, 0.1) is 12.1 Å². The van der Waals surface area contributed by atoms with E-state index in [1.165, 1.54) is 22.8 Å². The molecular weight excluding hydrogens is 249 g/mol. The van der Waals surface area contributed by atoms with Gasteiger partial charge in [0.2, 0.25) is 0 Å². The second-order valence-electron chi connectivity index (χ2n) is 4.24. The van der Waals surface area contributed by atoms with Crippen LogP contribution in [0.4, 0.5) is 4.39 Å². The lowest BCUT2D eigenvalue weighted by Crippen LogP contribution is -2.14. The Bertz CT molecular complexity index is 804. The molecule has 0 fully saturated rings. The quantitative estimate of drug-likeness (QED) is 0.769. The van der Waals surface area contributed by atoms with Crippen LogP contribution in [-0.2, 0) is 6.54 Å². The molecule has 0 spiro atoms. The molecule has 3 aromatic rings. The van der Waals surface area contributed by atoms with Crippen LogP contribution in [0.2, 0.25) is 0 Å². The topological polar surface area (TPSA) is 55.4 Å². The first-order valence-electron chi connectivity index (χ1n) is 5.70. The Morgan fingerprint density at radius 3 is 2.84 bits per heavy atom. The van der Waals surface area contributed by atoms with E-state index >= 15 is 0 Å². The van der Waals surface area contributed by atoms with Crippen molar-refractivity contribution >= 4 is 11.1 Å². The van der Waals surface area contributed by atoms with Crippen molar-refractivity contribution in [2.45, 2.75) is 6.54 Å². The molecule has 0 saturated heterocycles. The Morgan fingerprint density at radius 2 is 2.05 bits per heavy atom. The van der Waals surface area contributed by atoms with E-state index in [4.69, 9.17) is 4.42 Å². The third kappa shape index (κ3) is 2.10. The van der Waals surface area contributed by atoms with Gasteiger partial charge in [-0.2, -0.15) is 0 Å². The number of nitrogens with zero attached hydrogens (tertiary/aromatic N) is 1. The fourth-order valence-corrected chi connectivity index (χ4v) is 2.03. The van der Waals surface area contributed by atoms with Crippen molar-refractivity contribution in [1.82, 2.24) is 4.57 Å². The van der Waals surface area contributed by atoms with Gasteiger partial charge < -0.3 is 9.52 Å². The van der Waals surface area contributed by atoms with Crippen molar-refractivity contribution in [3.8, 4) is 5.75 Å². The summed E-state index contributed by atoms with van der Waals surface area (Å²) in [5.41, 5.74) is 1.49. The highest BCUT2D eigenvalue weighted by Gasteiger charge is 2.10. The smallest absolute Gasteiger partial charge is 0.420 e. The van der Waals surface area contributed by atoms with Crippen molar-refractivity contribution < 1.29 is 13.9 Å². The van der Waals surface area contributed by atoms with E-state index in [9.17, 15) is 14.3 Å². The van der Waals surface area contributed by atoms with Gasteiger partial charge in [-0.05, 0) is 29.8 Å². The van der Waals surface area contributed by atoms with Crippen molar-refractivity contribution in [3.05, 3.63) is 64.4 Å². The second-order valence-corrected chi connectivity index (χ2v) is 4.24. The second kappa shape index (κ2) is 4.28. The van der Waals surface area contributed by atoms with Crippen LogP contribution in [0.3, 0.4) is 0 Å². The van der Waals surface area contributed by atoms with Crippen LogP contribution in [-0.4, -0.2) is 9.67 Å². The Labute approximate surface area is 107 Å². The summed E-state index contributed by atoms with van der Waals surface area (Å²) in [6, 6.07) is 10.5. The molecule has 0 amide bonds. The Kier molecular flexibility index (Phi) is 2.59. The van der Waals surface area contributed by atoms with E-state index in [-0.39, 0.29) is 17.9 Å². The number of rotatable bonds is 2. The highest BCUT2D eigenvalue weighted by molar-refractivity contribution is 5.72. The standard InChI is InChI=1S/C14H10FNO3/c15-10-4-5-12-13(7-10)19-14(18)16(12)8-9-2-1-3-11(17)6-9/h1-7,17H,8H2. The number of benzene rings is 2. The zero-order valence-electron chi connectivity index (χ0n) is 9.84. The largest absolute Gasteiger partial charge is 0.508 e. The van der Waals surface area contributed by atoms with Gasteiger partial charge in [-0.1, -0.05) is 12.1 Å². The van der Waals surface area contributed by atoms with Gasteiger partial charge in [-0.3, -0.25) is 4.57 Å². The van der Waals surface area contributed by atoms with Gasteiger partial charge in [0.25, 0.3) is 0 Å². The van der Waals surface area contributed by atoms with Crippen LogP contribution in [0.5, 0.6) is 5.75 Å². The summed E-state index contributed by atoms with van der Waals surface area (Å²) in [6.45, 7) is 0.256. The molecule has 0 bridgehead atoms. The molecule has 0 saturated carbocycles. The molecule has 19 heavy (non-hydrogen) atoms. The summed E-state index contributed by atoms with van der Waals surface area (Å²) in [5, 5.41) is 9.40. The van der Waals surface area contributed by atoms with E-state index in [2.05, 4.69) is 0 Å². The summed E-state index contributed by atoms with van der Waals surface area (Å²) in [5.74, 6) is -0.876. The van der Waals surface area contributed by atoms with Gasteiger partial charge in [0.15, 0.2) is 5.58 Å². The molecule has 2 aromatic carbocycles. The SMILES string of the molecule is O=c1oc2cc(F)ccc2n1Cc1cccc(O)c1. The maximum atomic E-state index is 13.1. The molecule has 5 heteroatoms. The Balaban J connectivity index is 2.10. The molecule has 0 aliphatic rings. The molecule has 1 N–H and O–H groups in total. The zero-order chi connectivity index (χ0) is 13.4. The Morgan fingerprint density at radius 1 is 1.21 bits per heavy atom. The van der Waals surface area contributed by atoms with Gasteiger partial charge in [-0.25, -0.2) is 9.18 Å². The molecule has 0 radical (unpaired) electrons. The first-order chi connectivity index (χ1) is 9.13. The number of phenolic OH excluding ortho intramolecular Hbond substituents is 1. The summed E-state index contributed by atoms with van der Waals surface area (Å²) in [4.78, 5) is 11.8. The molecule has 1 heterocycles. The molecular formula is C14H10FNO3. The highest BCUT2D eigenvalue weighted by Crippen LogP contribution is 2.17. The molecule has 0 aliphatic heterocycles. The zero-order valence-corrected chi connectivity index (χ0v) is 9.84. The molecule has 0 atom stereocenters. The predicted molar refractivity (Wildman–Crippen MR) is 67.6 cm³/mol. The van der Waals surface area contributed by atoms with E-state index in [0.29, 0.717) is 5.52 Å². The number of oxazole rings is 1. The maximum absolute atomic E-state index is 13.1. The van der Waals surface area contributed by atoms with Gasteiger partial charge >= 0.3 is 5.76 Å². The van der Waals surface area contributed by atoms with Crippen molar-refractivity contribution in [2.24, 2.45) is 0 Å². The average molecular weight is 259 g/mol. The monoisotopic (exact) mass is 259 g/mol. The lowest BCUT2D eigenvalue weighted by atomic mass is 10.2. The first-order valence-corrected chi connectivity index (χ1v) is 5.70. The summed E-state index contributed by atoms with van der Waals surface area (Å²) in [6.07, 6.45) is 0. The first kappa shape index (κ1) is 11.5. The number of aromatic hydroxyl groups is 1. The minimum atomic E-state index is -0.552. The van der Waals surface area contributed by atoms with Crippen LogP contribution in [0.15, 0.2) is 51.7 Å². The number of hydrogen-bond donors (Lipinski definition) is 1. The molecule has 0 aliphatic carbocycles. The third-order valence-corrected chi connectivity index (χ3v) is 2.88. The van der Waals surface area contributed by atoms with Crippen LogP contribution >= 0.6 is 0 Å². The number of phenols is 1. The lowest BCUT2D eigenvalue weighted by molar-refractivity contribution is 0.473. The van der Waals surface area contributed by atoms with E-state index < -0.39 is 11.6 Å². The van der Waals surface area contributed by atoms with Crippen molar-refractivity contribution in [1.29, 1.82) is 0 Å². The lowest BCUT2D eigenvalue weighted by Gasteiger charge is -2.03. The fourth-order valence-electron chi connectivity index (χ4n) is 2.03. The number of fused-ring (bicyclic) bond motifs is 1. The molecule has 4 nitrogen and oxygen atoms in total. The van der Waals surface area contributed by atoms with Gasteiger partial charge in [-0.15, -0.1) is 0 Å². The molecule has 1 aromatic heterocycles. The van der Waals surface area contributed by atoms with Crippen LogP contribution in [0.25, 0.3) is 11.1 Å². The third-order valence-electron chi connectivity index (χ3n) is 2.88. The minimum Gasteiger partial charge on any atom is -0.508 e. The van der Waals surface area contributed by atoms with Crippen LogP contribution < -0.4 is 5.76 Å². The summed E-state index contributed by atoms with van der Waals surface area (Å²) >= 11 is 0. The van der Waals surface area contributed by atoms with Crippen molar-refractivity contribution in [2.75, 3.05) is 0 Å². The molecule has 0 unspecified atom stereocenters. The maximum Gasteiger partial charge on any atom is 0.420 e. The van der Waals surface area contributed by atoms with E-state index in [1.807, 2.05) is 0 Å². The number of hydrogen-bond acceptors (Lipinski definition) is 3. The number of halogens is 1. The molecule has 96 valence electrons. The van der Waals surface area contributed by atoms with Gasteiger partial charge in [0.1, 0.15) is 11.6 Å². The average Bonchev–Trinajstić information content (AvgIpc) is 2.65. The summed E-state index contributed by atoms with van der Waals surface area (Å²) < 4.78 is 19.4. The summed E-state index contributed by atoms with van der Waals surface area (Å²) in [7, 11) is 0. The van der Waals surface area contributed by atoms with E-state index in [1.54, 1.807) is 24.3 Å². The fraction of sp³-hybridized carbons (Fsp3) is 0.0714. The predicted octanol–water partition coefficient (Wildman–Crippen LogP) is 2.49. The van der Waals surface area contributed by atoms with Crippen molar-refractivity contribution in [3.63, 3.8) is 0 Å².